The van der Waals surface area contributed by atoms with Gasteiger partial charge in [-0.1, -0.05) is 30.3 Å². The van der Waals surface area contributed by atoms with E-state index in [9.17, 15) is 4.79 Å². The van der Waals surface area contributed by atoms with E-state index in [1.54, 1.807) is 24.4 Å². The molecule has 1 aromatic carbocycles. The molecule has 1 atom stereocenters. The van der Waals surface area contributed by atoms with Crippen LogP contribution < -0.4 is 16.0 Å². The lowest BCUT2D eigenvalue weighted by Gasteiger charge is -2.18. The number of nitrogens with one attached hydrogen (secondary N) is 3. The number of rotatable bonds is 12. The zero-order valence-electron chi connectivity index (χ0n) is 18.4. The van der Waals surface area contributed by atoms with Gasteiger partial charge in [0.15, 0.2) is 5.82 Å². The van der Waals surface area contributed by atoms with E-state index >= 15 is 0 Å². The summed E-state index contributed by atoms with van der Waals surface area (Å²) < 4.78 is 5.06. The lowest BCUT2D eigenvalue weighted by molar-refractivity contribution is -0.111. The fourth-order valence-electron chi connectivity index (χ4n) is 2.69. The van der Waals surface area contributed by atoms with Crippen LogP contribution in [0.15, 0.2) is 60.1 Å². The van der Waals surface area contributed by atoms with Crippen molar-refractivity contribution in [1.29, 1.82) is 0 Å². The highest BCUT2D eigenvalue weighted by molar-refractivity contribution is 6.32. The Morgan fingerprint density at radius 1 is 1.41 bits per heavy atom. The Morgan fingerprint density at radius 2 is 2.19 bits per heavy atom. The molecule has 1 aromatic heterocycles. The highest BCUT2D eigenvalue weighted by atomic mass is 35.5. The summed E-state index contributed by atoms with van der Waals surface area (Å²) in [7, 11) is 1.63. The third-order valence-corrected chi connectivity index (χ3v) is 4.57. The van der Waals surface area contributed by atoms with Crippen LogP contribution in [-0.2, 0) is 9.53 Å². The van der Waals surface area contributed by atoms with E-state index in [0.717, 1.165) is 11.3 Å². The second kappa shape index (κ2) is 12.4. The number of carbonyl (C=O) groups is 1. The molecule has 0 aliphatic rings. The van der Waals surface area contributed by atoms with Gasteiger partial charge in [0.25, 0.3) is 0 Å². The maximum atomic E-state index is 11.6. The van der Waals surface area contributed by atoms with E-state index in [2.05, 4.69) is 44.3 Å². The lowest BCUT2D eigenvalue weighted by Crippen LogP contribution is -2.17. The van der Waals surface area contributed by atoms with Crippen LogP contribution in [-0.4, -0.2) is 47.9 Å². The number of methoxy groups -OCH3 is 1. The Balaban J connectivity index is 2.12. The molecule has 1 amide bonds. The van der Waals surface area contributed by atoms with Gasteiger partial charge in [-0.15, -0.1) is 0 Å². The molecule has 10 heteroatoms. The van der Waals surface area contributed by atoms with Crippen LogP contribution in [0.3, 0.4) is 0 Å². The maximum Gasteiger partial charge on any atom is 0.247 e. The third-order valence-electron chi connectivity index (χ3n) is 4.29. The van der Waals surface area contributed by atoms with Gasteiger partial charge in [0.1, 0.15) is 5.02 Å². The van der Waals surface area contributed by atoms with Crippen molar-refractivity contribution in [3.63, 3.8) is 0 Å². The topological polar surface area (TPSA) is 104 Å². The molecular weight excluding hydrogens is 430 g/mol. The van der Waals surface area contributed by atoms with Crippen molar-refractivity contribution >= 4 is 41.7 Å². The van der Waals surface area contributed by atoms with E-state index < -0.39 is 0 Å². The summed E-state index contributed by atoms with van der Waals surface area (Å²) in [6.07, 6.45) is 4.53. The van der Waals surface area contributed by atoms with Crippen molar-refractivity contribution in [2.45, 2.75) is 19.9 Å². The van der Waals surface area contributed by atoms with Gasteiger partial charge in [-0.3, -0.25) is 9.80 Å². The van der Waals surface area contributed by atoms with Crippen LogP contribution in [0.2, 0.25) is 5.02 Å². The SMILES string of the molecule is C=CC(=O)Nc1cccc(C(C)Nc2nc(N/C(C)=C/N(CCOC)N=C)ncc2Cl)c1. The van der Waals surface area contributed by atoms with Gasteiger partial charge in [-0.25, -0.2) is 4.98 Å². The number of aromatic nitrogens is 2. The normalized spacial score (nSPS) is 11.9. The first-order valence-electron chi connectivity index (χ1n) is 9.86. The van der Waals surface area contributed by atoms with Gasteiger partial charge in [0.2, 0.25) is 11.9 Å². The zero-order valence-corrected chi connectivity index (χ0v) is 19.2. The first-order valence-corrected chi connectivity index (χ1v) is 10.2. The van der Waals surface area contributed by atoms with Gasteiger partial charge in [-0.05, 0) is 37.6 Å². The van der Waals surface area contributed by atoms with Crippen LogP contribution in [0.1, 0.15) is 25.5 Å². The average Bonchev–Trinajstić information content (AvgIpc) is 2.78. The fraction of sp³-hybridized carbons (Fsp3) is 0.273. The molecule has 1 unspecified atom stereocenters. The van der Waals surface area contributed by atoms with Gasteiger partial charge in [-0.2, -0.15) is 10.1 Å². The standard InChI is InChI=1S/C22H28ClN7O2/c1-6-20(31)28-18-9-7-8-17(12-18)16(3)27-21-19(23)13-25-22(29-21)26-15(2)14-30(24-4)10-11-32-5/h6-9,12-14,16H,1,4,10-11H2,2-3,5H3,(H,28,31)(H2,25,26,27,29)/b15-14+. The van der Waals surface area contributed by atoms with Crippen LogP contribution >= 0.6 is 11.6 Å². The number of hydrogen-bond acceptors (Lipinski definition) is 8. The summed E-state index contributed by atoms with van der Waals surface area (Å²) in [5, 5.41) is 15.1. The fourth-order valence-corrected chi connectivity index (χ4v) is 2.83. The van der Waals surface area contributed by atoms with E-state index in [-0.39, 0.29) is 11.9 Å². The number of halogens is 1. The summed E-state index contributed by atoms with van der Waals surface area (Å²) in [6.45, 7) is 11.9. The van der Waals surface area contributed by atoms with Crippen LogP contribution in [0.4, 0.5) is 17.5 Å². The van der Waals surface area contributed by atoms with Gasteiger partial charge < -0.3 is 20.7 Å². The smallest absolute Gasteiger partial charge is 0.247 e. The first kappa shape index (κ1) is 24.8. The molecule has 0 aliphatic heterocycles. The molecule has 32 heavy (non-hydrogen) atoms. The Morgan fingerprint density at radius 3 is 2.88 bits per heavy atom. The molecule has 0 aliphatic carbocycles. The maximum absolute atomic E-state index is 11.6. The number of hydrazone groups is 1. The van der Waals surface area contributed by atoms with Crippen LogP contribution in [0.25, 0.3) is 0 Å². The van der Waals surface area contributed by atoms with E-state index in [1.807, 2.05) is 32.0 Å². The molecular formula is C22H28ClN7O2. The molecule has 0 radical (unpaired) electrons. The van der Waals surface area contributed by atoms with Crippen LogP contribution in [0.5, 0.6) is 0 Å². The van der Waals surface area contributed by atoms with Crippen molar-refractivity contribution < 1.29 is 9.53 Å². The summed E-state index contributed by atoms with van der Waals surface area (Å²) in [4.78, 5) is 20.3. The number of hydrogen-bond donors (Lipinski definition) is 3. The van der Waals surface area contributed by atoms with E-state index in [0.29, 0.717) is 35.6 Å². The molecule has 0 fully saturated rings. The van der Waals surface area contributed by atoms with Crippen molar-refractivity contribution in [3.05, 3.63) is 65.6 Å². The van der Waals surface area contributed by atoms with Crippen molar-refractivity contribution in [2.24, 2.45) is 5.10 Å². The Bertz CT molecular complexity index is 981. The zero-order chi connectivity index (χ0) is 23.5. The summed E-state index contributed by atoms with van der Waals surface area (Å²) in [6, 6.07) is 7.34. The molecule has 2 aromatic rings. The summed E-state index contributed by atoms with van der Waals surface area (Å²) >= 11 is 6.30. The van der Waals surface area contributed by atoms with E-state index in [1.165, 1.54) is 12.3 Å². The predicted octanol–water partition coefficient (Wildman–Crippen LogP) is 4.26. The number of benzene rings is 1. The molecule has 0 saturated carbocycles. The number of nitrogens with zero attached hydrogens (tertiary/aromatic N) is 4. The monoisotopic (exact) mass is 457 g/mol. The average molecular weight is 458 g/mol. The Labute approximate surface area is 193 Å². The summed E-state index contributed by atoms with van der Waals surface area (Å²) in [5.41, 5.74) is 2.38. The van der Waals surface area contributed by atoms with E-state index in [4.69, 9.17) is 16.3 Å². The number of allylic oxidation sites excluding steroid dienone is 1. The third kappa shape index (κ3) is 7.68. The first-order chi connectivity index (χ1) is 15.4. The van der Waals surface area contributed by atoms with Gasteiger partial charge in [0.05, 0.1) is 25.4 Å². The molecule has 9 nitrogen and oxygen atoms in total. The quantitative estimate of drug-likeness (QED) is 0.248. The molecule has 2 rings (SSSR count). The minimum atomic E-state index is -0.270. The number of amides is 1. The predicted molar refractivity (Wildman–Crippen MR) is 130 cm³/mol. The largest absolute Gasteiger partial charge is 0.383 e. The lowest BCUT2D eigenvalue weighted by atomic mass is 10.1. The molecule has 0 spiro atoms. The number of ether oxygens (including phenoxy) is 1. The number of anilines is 3. The minimum absolute atomic E-state index is 0.137. The van der Waals surface area contributed by atoms with Gasteiger partial charge in [0, 0.05) is 31.4 Å². The molecule has 170 valence electrons. The minimum Gasteiger partial charge on any atom is -0.383 e. The van der Waals surface area contributed by atoms with Gasteiger partial charge >= 0.3 is 0 Å². The molecule has 3 N–H and O–H groups in total. The van der Waals surface area contributed by atoms with Crippen LogP contribution in [0, 0.1) is 0 Å². The molecule has 1 heterocycles. The Hall–Kier alpha value is -3.43. The highest BCUT2D eigenvalue weighted by Gasteiger charge is 2.12. The van der Waals surface area contributed by atoms with Crippen molar-refractivity contribution in [3.8, 4) is 0 Å². The number of carbonyl (C=O) groups excluding carboxylic acids is 1. The second-order valence-electron chi connectivity index (χ2n) is 6.81. The highest BCUT2D eigenvalue weighted by Crippen LogP contribution is 2.26. The van der Waals surface area contributed by atoms with Crippen molar-refractivity contribution in [2.75, 3.05) is 36.2 Å². The molecule has 0 saturated heterocycles. The summed E-state index contributed by atoms with van der Waals surface area (Å²) in [5.74, 6) is 0.580. The Kier molecular flexibility index (Phi) is 9.65. The second-order valence-corrected chi connectivity index (χ2v) is 7.22. The molecule has 0 bridgehead atoms. The van der Waals surface area contributed by atoms with Crippen molar-refractivity contribution in [1.82, 2.24) is 15.0 Å².